The quantitative estimate of drug-likeness (QED) is 0.478. The second-order valence-electron chi connectivity index (χ2n) is 5.78. The molecule has 26 heavy (non-hydrogen) atoms. The van der Waals surface area contributed by atoms with Crippen molar-refractivity contribution < 1.29 is 19.0 Å². The topological polar surface area (TPSA) is 56.8 Å². The third kappa shape index (κ3) is 5.93. The Kier molecular flexibility index (Phi) is 8.25. The first kappa shape index (κ1) is 20.1. The molecule has 2 aromatic carbocycles. The monoisotopic (exact) mass is 377 g/mol. The van der Waals surface area contributed by atoms with Crippen LogP contribution < -0.4 is 14.8 Å². The molecule has 0 aliphatic carbocycles. The van der Waals surface area contributed by atoms with Crippen molar-refractivity contribution in [1.82, 2.24) is 5.32 Å². The van der Waals surface area contributed by atoms with Crippen LogP contribution in [0.25, 0.3) is 0 Å². The average molecular weight is 378 g/mol. The van der Waals surface area contributed by atoms with E-state index >= 15 is 0 Å². The Morgan fingerprint density at radius 3 is 2.65 bits per heavy atom. The van der Waals surface area contributed by atoms with Gasteiger partial charge < -0.3 is 19.5 Å². The van der Waals surface area contributed by atoms with Gasteiger partial charge in [-0.15, -0.1) is 0 Å². The number of rotatable bonds is 11. The Labute approximate surface area is 159 Å². The summed E-state index contributed by atoms with van der Waals surface area (Å²) in [7, 11) is 3.27. The molecule has 1 amide bonds. The van der Waals surface area contributed by atoms with Gasteiger partial charge in [0.1, 0.15) is 0 Å². The van der Waals surface area contributed by atoms with E-state index in [1.807, 2.05) is 42.5 Å². The van der Waals surface area contributed by atoms with E-state index in [0.717, 1.165) is 17.5 Å². The van der Waals surface area contributed by atoms with Gasteiger partial charge in [0.2, 0.25) is 6.41 Å². The number of carbonyl (C=O) groups is 1. The van der Waals surface area contributed by atoms with Gasteiger partial charge in [0.05, 0.1) is 19.8 Å². The minimum atomic E-state index is -0.180. The predicted molar refractivity (Wildman–Crippen MR) is 102 cm³/mol. The molecule has 0 aromatic heterocycles. The van der Waals surface area contributed by atoms with E-state index in [1.165, 1.54) is 0 Å². The van der Waals surface area contributed by atoms with Gasteiger partial charge in [0.25, 0.3) is 0 Å². The van der Waals surface area contributed by atoms with E-state index < -0.39 is 0 Å². The van der Waals surface area contributed by atoms with Gasteiger partial charge in [-0.1, -0.05) is 29.8 Å². The van der Waals surface area contributed by atoms with E-state index in [-0.39, 0.29) is 6.04 Å². The van der Waals surface area contributed by atoms with Crippen LogP contribution >= 0.6 is 11.6 Å². The third-order valence-corrected chi connectivity index (χ3v) is 4.17. The molecule has 0 aliphatic heterocycles. The van der Waals surface area contributed by atoms with Crippen molar-refractivity contribution in [2.24, 2.45) is 0 Å². The summed E-state index contributed by atoms with van der Waals surface area (Å²) in [5, 5.41) is 3.49. The zero-order valence-electron chi connectivity index (χ0n) is 15.0. The number of benzene rings is 2. The van der Waals surface area contributed by atoms with E-state index in [1.54, 1.807) is 14.2 Å². The molecule has 0 spiro atoms. The molecule has 0 fully saturated rings. The maximum atomic E-state index is 11.0. The number of carbonyl (C=O) groups excluding carboxylic acids is 1. The summed E-state index contributed by atoms with van der Waals surface area (Å²) >= 11 is 6.08. The van der Waals surface area contributed by atoms with Crippen LogP contribution in [-0.4, -0.2) is 33.8 Å². The average Bonchev–Trinajstić information content (AvgIpc) is 2.65. The van der Waals surface area contributed by atoms with Crippen molar-refractivity contribution >= 4 is 18.0 Å². The lowest BCUT2D eigenvalue weighted by atomic mass is 9.98. The molecule has 2 aromatic rings. The number of ether oxygens (including phenoxy) is 3. The fourth-order valence-corrected chi connectivity index (χ4v) is 2.86. The summed E-state index contributed by atoms with van der Waals surface area (Å²) in [6.45, 7) is 1.18. The van der Waals surface area contributed by atoms with Crippen molar-refractivity contribution in [3.05, 3.63) is 58.6 Å². The highest BCUT2D eigenvalue weighted by molar-refractivity contribution is 6.30. The number of amides is 1. The first-order valence-electron chi connectivity index (χ1n) is 8.41. The standard InChI is InChI=1S/C20H24ClNO4/c1-24-9-4-10-26-20-12-15(7-8-19(20)25-2)11-18(22-14-23)16-5-3-6-17(21)13-16/h3,5-8,12-14,18H,4,9-11H2,1-2H3,(H,22,23). The summed E-state index contributed by atoms with van der Waals surface area (Å²) < 4.78 is 16.2. The fourth-order valence-electron chi connectivity index (χ4n) is 2.66. The molecule has 0 saturated carbocycles. The maximum Gasteiger partial charge on any atom is 0.207 e. The number of methoxy groups -OCH3 is 2. The van der Waals surface area contributed by atoms with Crippen LogP contribution in [0.5, 0.6) is 11.5 Å². The molecule has 0 heterocycles. The van der Waals surface area contributed by atoms with Crippen molar-refractivity contribution in [3.8, 4) is 11.5 Å². The lowest BCUT2D eigenvalue weighted by molar-refractivity contribution is -0.110. The van der Waals surface area contributed by atoms with Gasteiger partial charge >= 0.3 is 0 Å². The lowest BCUT2D eigenvalue weighted by Gasteiger charge is -2.18. The van der Waals surface area contributed by atoms with Crippen LogP contribution in [0.2, 0.25) is 5.02 Å². The molecule has 0 saturated heterocycles. The minimum absolute atomic E-state index is 0.180. The second kappa shape index (κ2) is 10.7. The van der Waals surface area contributed by atoms with Crippen LogP contribution in [0.15, 0.2) is 42.5 Å². The molecule has 1 N–H and O–H groups in total. The molecule has 140 valence electrons. The minimum Gasteiger partial charge on any atom is -0.493 e. The third-order valence-electron chi connectivity index (χ3n) is 3.94. The van der Waals surface area contributed by atoms with E-state index in [2.05, 4.69) is 5.32 Å². The Bertz CT molecular complexity index is 708. The van der Waals surface area contributed by atoms with Crippen LogP contribution in [0.4, 0.5) is 0 Å². The SMILES string of the molecule is COCCCOc1cc(CC(NC=O)c2cccc(Cl)c2)ccc1OC. The van der Waals surface area contributed by atoms with Gasteiger partial charge in [0.15, 0.2) is 11.5 Å². The van der Waals surface area contributed by atoms with Gasteiger partial charge in [-0.05, 0) is 41.8 Å². The molecule has 5 nitrogen and oxygen atoms in total. The van der Waals surface area contributed by atoms with Crippen molar-refractivity contribution in [2.45, 2.75) is 18.9 Å². The van der Waals surface area contributed by atoms with Crippen molar-refractivity contribution in [2.75, 3.05) is 27.4 Å². The fraction of sp³-hybridized carbons (Fsp3) is 0.350. The molecule has 2 rings (SSSR count). The Morgan fingerprint density at radius 2 is 1.96 bits per heavy atom. The summed E-state index contributed by atoms with van der Waals surface area (Å²) in [5.74, 6) is 1.35. The molecule has 1 atom stereocenters. The normalized spacial score (nSPS) is 11.7. The van der Waals surface area contributed by atoms with E-state index in [4.69, 9.17) is 25.8 Å². The maximum absolute atomic E-state index is 11.0. The highest BCUT2D eigenvalue weighted by Crippen LogP contribution is 2.30. The highest BCUT2D eigenvalue weighted by atomic mass is 35.5. The summed E-state index contributed by atoms with van der Waals surface area (Å²) in [6.07, 6.45) is 2.11. The van der Waals surface area contributed by atoms with E-state index in [9.17, 15) is 4.79 Å². The van der Waals surface area contributed by atoms with Crippen LogP contribution in [0.3, 0.4) is 0 Å². The van der Waals surface area contributed by atoms with Crippen LogP contribution in [-0.2, 0) is 16.0 Å². The van der Waals surface area contributed by atoms with E-state index in [0.29, 0.717) is 42.6 Å². The first-order valence-corrected chi connectivity index (χ1v) is 8.79. The number of halogens is 1. The molecule has 0 bridgehead atoms. The zero-order chi connectivity index (χ0) is 18.8. The number of nitrogens with one attached hydrogen (secondary N) is 1. The van der Waals surface area contributed by atoms with Gasteiger partial charge in [-0.2, -0.15) is 0 Å². The first-order chi connectivity index (χ1) is 12.7. The highest BCUT2D eigenvalue weighted by Gasteiger charge is 2.14. The van der Waals surface area contributed by atoms with Gasteiger partial charge in [0, 0.05) is 25.2 Å². The zero-order valence-corrected chi connectivity index (χ0v) is 15.8. The van der Waals surface area contributed by atoms with Crippen molar-refractivity contribution in [3.63, 3.8) is 0 Å². The summed E-state index contributed by atoms with van der Waals surface area (Å²) in [5.41, 5.74) is 1.97. The molecule has 0 radical (unpaired) electrons. The smallest absolute Gasteiger partial charge is 0.207 e. The molecule has 6 heteroatoms. The molecule has 1 unspecified atom stereocenters. The number of hydrogen-bond donors (Lipinski definition) is 1. The van der Waals surface area contributed by atoms with Crippen LogP contribution in [0, 0.1) is 0 Å². The lowest BCUT2D eigenvalue weighted by Crippen LogP contribution is -2.21. The Balaban J connectivity index is 2.16. The van der Waals surface area contributed by atoms with Crippen molar-refractivity contribution in [1.29, 1.82) is 0 Å². The van der Waals surface area contributed by atoms with Gasteiger partial charge in [-0.25, -0.2) is 0 Å². The molecular formula is C20H24ClNO4. The predicted octanol–water partition coefficient (Wildman–Crippen LogP) is 3.79. The molecule has 0 aliphatic rings. The summed E-state index contributed by atoms with van der Waals surface area (Å²) in [4.78, 5) is 11.0. The summed E-state index contributed by atoms with van der Waals surface area (Å²) in [6, 6.07) is 13.1. The second-order valence-corrected chi connectivity index (χ2v) is 6.21. The van der Waals surface area contributed by atoms with Gasteiger partial charge in [-0.3, -0.25) is 4.79 Å². The largest absolute Gasteiger partial charge is 0.493 e. The Morgan fingerprint density at radius 1 is 1.12 bits per heavy atom. The molecular weight excluding hydrogens is 354 g/mol. The Hall–Kier alpha value is -2.24. The van der Waals surface area contributed by atoms with Crippen LogP contribution in [0.1, 0.15) is 23.6 Å². The number of hydrogen-bond acceptors (Lipinski definition) is 4.